The summed E-state index contributed by atoms with van der Waals surface area (Å²) in [7, 11) is 1.63. The zero-order valence-corrected chi connectivity index (χ0v) is 12.0. The molecule has 0 saturated heterocycles. The molecule has 100 valence electrons. The third-order valence-electron chi connectivity index (χ3n) is 2.70. The van der Waals surface area contributed by atoms with Gasteiger partial charge in [0.1, 0.15) is 5.75 Å². The second-order valence-corrected chi connectivity index (χ2v) is 5.18. The molecule has 4 nitrogen and oxygen atoms in total. The molecular weight excluding hydrogens is 260 g/mol. The molecule has 1 aromatic carbocycles. The third-order valence-corrected chi connectivity index (χ3v) is 3.58. The van der Waals surface area contributed by atoms with E-state index in [1.807, 2.05) is 37.4 Å². The van der Waals surface area contributed by atoms with Crippen LogP contribution >= 0.6 is 11.3 Å². The predicted octanol–water partition coefficient (Wildman–Crippen LogP) is 2.95. The molecule has 1 amide bonds. The summed E-state index contributed by atoms with van der Waals surface area (Å²) < 4.78 is 5.25. The number of methoxy groups -OCH3 is 1. The van der Waals surface area contributed by atoms with Gasteiger partial charge in [-0.15, -0.1) is 11.3 Å². The highest BCUT2D eigenvalue weighted by Crippen LogP contribution is 2.20. The van der Waals surface area contributed by atoms with Gasteiger partial charge in [0, 0.05) is 5.38 Å². The van der Waals surface area contributed by atoms with Gasteiger partial charge in [-0.2, -0.15) is 0 Å². The number of aromatic nitrogens is 1. The van der Waals surface area contributed by atoms with Crippen molar-refractivity contribution in [2.24, 2.45) is 0 Å². The Morgan fingerprint density at radius 3 is 2.84 bits per heavy atom. The summed E-state index contributed by atoms with van der Waals surface area (Å²) in [6.45, 7) is 3.87. The summed E-state index contributed by atoms with van der Waals surface area (Å²) >= 11 is 1.43. The number of thiazole rings is 1. The number of rotatable bonds is 4. The Morgan fingerprint density at radius 2 is 2.21 bits per heavy atom. The summed E-state index contributed by atoms with van der Waals surface area (Å²) in [4.78, 5) is 16.1. The predicted molar refractivity (Wildman–Crippen MR) is 76.9 cm³/mol. The normalized spacial score (nSPS) is 10.3. The van der Waals surface area contributed by atoms with Crippen molar-refractivity contribution in [3.8, 4) is 5.75 Å². The van der Waals surface area contributed by atoms with Crippen LogP contribution in [0.4, 0.5) is 5.13 Å². The molecule has 0 atom stereocenters. The quantitative estimate of drug-likeness (QED) is 0.934. The van der Waals surface area contributed by atoms with Crippen LogP contribution in [0.3, 0.4) is 0 Å². The smallest absolute Gasteiger partial charge is 0.230 e. The van der Waals surface area contributed by atoms with E-state index in [0.717, 1.165) is 22.6 Å². The van der Waals surface area contributed by atoms with Gasteiger partial charge in [-0.3, -0.25) is 4.79 Å². The van der Waals surface area contributed by atoms with Gasteiger partial charge in [0.2, 0.25) is 5.91 Å². The van der Waals surface area contributed by atoms with Crippen LogP contribution < -0.4 is 10.1 Å². The minimum atomic E-state index is -0.0692. The first kappa shape index (κ1) is 13.5. The van der Waals surface area contributed by atoms with Crippen LogP contribution in [0.1, 0.15) is 16.8 Å². The average molecular weight is 276 g/mol. The molecule has 2 aromatic rings. The number of nitrogens with one attached hydrogen (secondary N) is 1. The molecule has 0 saturated carbocycles. The Labute approximate surface area is 116 Å². The molecule has 0 bridgehead atoms. The van der Waals surface area contributed by atoms with Gasteiger partial charge < -0.3 is 10.1 Å². The maximum absolute atomic E-state index is 11.9. The second-order valence-electron chi connectivity index (χ2n) is 4.32. The van der Waals surface area contributed by atoms with E-state index in [2.05, 4.69) is 10.3 Å². The number of carbonyl (C=O) groups excluding carboxylic acids is 1. The highest BCUT2D eigenvalue weighted by Gasteiger charge is 2.08. The van der Waals surface area contributed by atoms with Gasteiger partial charge in [0.15, 0.2) is 5.13 Å². The van der Waals surface area contributed by atoms with Gasteiger partial charge in [-0.05, 0) is 31.0 Å². The van der Waals surface area contributed by atoms with Crippen molar-refractivity contribution in [3.05, 3.63) is 40.4 Å². The van der Waals surface area contributed by atoms with E-state index in [9.17, 15) is 4.79 Å². The summed E-state index contributed by atoms with van der Waals surface area (Å²) in [6, 6.07) is 5.78. The number of hydrogen-bond acceptors (Lipinski definition) is 4. The molecule has 0 radical (unpaired) electrons. The third kappa shape index (κ3) is 3.54. The molecule has 0 aliphatic rings. The monoisotopic (exact) mass is 276 g/mol. The summed E-state index contributed by atoms with van der Waals surface area (Å²) in [5.41, 5.74) is 2.90. The fraction of sp³-hybridized carbons (Fsp3) is 0.286. The van der Waals surface area contributed by atoms with Gasteiger partial charge >= 0.3 is 0 Å². The Hall–Kier alpha value is -1.88. The van der Waals surface area contributed by atoms with Crippen LogP contribution in [0.5, 0.6) is 5.75 Å². The van der Waals surface area contributed by atoms with E-state index >= 15 is 0 Å². The van der Waals surface area contributed by atoms with Crippen molar-refractivity contribution in [2.75, 3.05) is 12.4 Å². The molecule has 19 heavy (non-hydrogen) atoms. The number of amides is 1. The fourth-order valence-corrected chi connectivity index (χ4v) is 2.44. The summed E-state index contributed by atoms with van der Waals surface area (Å²) in [5.74, 6) is 0.732. The van der Waals surface area contributed by atoms with Crippen molar-refractivity contribution in [1.29, 1.82) is 0 Å². The maximum atomic E-state index is 11.9. The second kappa shape index (κ2) is 5.84. The highest BCUT2D eigenvalue weighted by atomic mass is 32.1. The molecular formula is C14H16N2O2S. The number of benzene rings is 1. The standard InChI is InChI=1S/C14H16N2O2S/c1-9-4-5-11(6-12(9)18-3)7-13(17)16-14-15-10(2)8-19-14/h4-6,8H,7H2,1-3H3,(H,15,16,17). The molecule has 0 unspecified atom stereocenters. The highest BCUT2D eigenvalue weighted by molar-refractivity contribution is 7.13. The van der Waals surface area contributed by atoms with Gasteiger partial charge in [0.25, 0.3) is 0 Å². The first-order chi connectivity index (χ1) is 9.08. The Bertz CT molecular complexity index is 593. The van der Waals surface area contributed by atoms with Crippen LogP contribution in [0.2, 0.25) is 0 Å². The number of ether oxygens (including phenoxy) is 1. The van der Waals surface area contributed by atoms with E-state index in [4.69, 9.17) is 4.74 Å². The Morgan fingerprint density at radius 1 is 1.42 bits per heavy atom. The molecule has 0 aliphatic carbocycles. The Balaban J connectivity index is 2.02. The first-order valence-electron chi connectivity index (χ1n) is 5.94. The lowest BCUT2D eigenvalue weighted by molar-refractivity contribution is -0.115. The van der Waals surface area contributed by atoms with Crippen LogP contribution in [0.25, 0.3) is 0 Å². The van der Waals surface area contributed by atoms with E-state index in [1.54, 1.807) is 7.11 Å². The minimum absolute atomic E-state index is 0.0692. The zero-order valence-electron chi connectivity index (χ0n) is 11.2. The lowest BCUT2D eigenvalue weighted by atomic mass is 10.1. The molecule has 1 N–H and O–H groups in total. The molecule has 1 heterocycles. The molecule has 0 spiro atoms. The zero-order chi connectivity index (χ0) is 13.8. The molecule has 0 aliphatic heterocycles. The number of aryl methyl sites for hydroxylation is 2. The van der Waals surface area contributed by atoms with Gasteiger partial charge in [-0.25, -0.2) is 4.98 Å². The van der Waals surface area contributed by atoms with Crippen molar-refractivity contribution >= 4 is 22.4 Å². The lowest BCUT2D eigenvalue weighted by Crippen LogP contribution is -2.14. The van der Waals surface area contributed by atoms with Gasteiger partial charge in [0.05, 0.1) is 19.2 Å². The van der Waals surface area contributed by atoms with E-state index in [0.29, 0.717) is 11.6 Å². The fourth-order valence-electron chi connectivity index (χ4n) is 1.73. The van der Waals surface area contributed by atoms with E-state index in [1.165, 1.54) is 11.3 Å². The van der Waals surface area contributed by atoms with Crippen molar-refractivity contribution in [3.63, 3.8) is 0 Å². The number of anilines is 1. The molecule has 2 rings (SSSR count). The van der Waals surface area contributed by atoms with Crippen LogP contribution in [-0.2, 0) is 11.2 Å². The van der Waals surface area contributed by atoms with Crippen molar-refractivity contribution in [1.82, 2.24) is 4.98 Å². The Kier molecular flexibility index (Phi) is 4.16. The SMILES string of the molecule is COc1cc(CC(=O)Nc2nc(C)cs2)ccc1C. The number of nitrogens with zero attached hydrogens (tertiary/aromatic N) is 1. The van der Waals surface area contributed by atoms with E-state index < -0.39 is 0 Å². The van der Waals surface area contributed by atoms with E-state index in [-0.39, 0.29) is 5.91 Å². The largest absolute Gasteiger partial charge is 0.496 e. The summed E-state index contributed by atoms with van der Waals surface area (Å²) in [5, 5.41) is 5.34. The van der Waals surface area contributed by atoms with Crippen LogP contribution in [0, 0.1) is 13.8 Å². The summed E-state index contributed by atoms with van der Waals surface area (Å²) in [6.07, 6.45) is 0.315. The number of carbonyl (C=O) groups is 1. The van der Waals surface area contributed by atoms with Crippen molar-refractivity contribution < 1.29 is 9.53 Å². The molecule has 1 aromatic heterocycles. The van der Waals surface area contributed by atoms with Gasteiger partial charge in [-0.1, -0.05) is 12.1 Å². The number of hydrogen-bond donors (Lipinski definition) is 1. The lowest BCUT2D eigenvalue weighted by Gasteiger charge is -2.07. The average Bonchev–Trinajstić information content (AvgIpc) is 2.77. The maximum Gasteiger partial charge on any atom is 0.230 e. The minimum Gasteiger partial charge on any atom is -0.496 e. The van der Waals surface area contributed by atoms with Crippen molar-refractivity contribution in [2.45, 2.75) is 20.3 Å². The molecule has 0 fully saturated rings. The first-order valence-corrected chi connectivity index (χ1v) is 6.82. The van der Waals surface area contributed by atoms with Crippen LogP contribution in [-0.4, -0.2) is 18.0 Å². The van der Waals surface area contributed by atoms with Crippen LogP contribution in [0.15, 0.2) is 23.6 Å². The molecule has 5 heteroatoms. The topological polar surface area (TPSA) is 51.2 Å².